The maximum absolute atomic E-state index is 9.35. The molecule has 0 saturated carbocycles. The first-order valence-electron chi connectivity index (χ1n) is 9.60. The summed E-state index contributed by atoms with van der Waals surface area (Å²) in [6.07, 6.45) is 2.10. The maximum atomic E-state index is 9.35. The summed E-state index contributed by atoms with van der Waals surface area (Å²) in [4.78, 5) is 2.21. The van der Waals surface area contributed by atoms with Crippen LogP contribution in [0.4, 0.5) is 0 Å². The molecule has 6 nitrogen and oxygen atoms in total. The summed E-state index contributed by atoms with van der Waals surface area (Å²) >= 11 is 0. The lowest BCUT2D eigenvalue weighted by molar-refractivity contribution is 0.174. The Bertz CT molecular complexity index is 924. The predicted molar refractivity (Wildman–Crippen MR) is 107 cm³/mol. The van der Waals surface area contributed by atoms with E-state index < -0.39 is 0 Å². The molecule has 28 heavy (non-hydrogen) atoms. The molecule has 1 N–H and O–H groups in total. The third-order valence-electron chi connectivity index (χ3n) is 4.93. The molecule has 1 aromatic heterocycles. The molecule has 2 aromatic carbocycles. The molecule has 0 fully saturated rings. The fourth-order valence-electron chi connectivity index (χ4n) is 3.45. The molecule has 0 amide bonds. The van der Waals surface area contributed by atoms with Crippen LogP contribution < -0.4 is 9.47 Å². The van der Waals surface area contributed by atoms with E-state index in [1.807, 2.05) is 41.1 Å². The van der Waals surface area contributed by atoms with Crippen molar-refractivity contribution in [2.45, 2.75) is 20.0 Å². The minimum Gasteiger partial charge on any atom is -0.454 e. The van der Waals surface area contributed by atoms with Gasteiger partial charge in [0.2, 0.25) is 6.79 Å². The summed E-state index contributed by atoms with van der Waals surface area (Å²) in [6.45, 7) is 5.45. The van der Waals surface area contributed by atoms with Crippen LogP contribution in [-0.4, -0.2) is 46.3 Å². The Balaban J connectivity index is 1.68. The highest BCUT2D eigenvalue weighted by Crippen LogP contribution is 2.36. The number of benzene rings is 2. The van der Waals surface area contributed by atoms with Gasteiger partial charge in [0.1, 0.15) is 0 Å². The smallest absolute Gasteiger partial charge is 0.231 e. The molecule has 1 aliphatic rings. The Hall–Kier alpha value is -2.83. The Labute approximate surface area is 164 Å². The molecule has 146 valence electrons. The summed E-state index contributed by atoms with van der Waals surface area (Å²) in [5.74, 6) is 1.52. The van der Waals surface area contributed by atoms with E-state index >= 15 is 0 Å². The van der Waals surface area contributed by atoms with Gasteiger partial charge in [-0.25, -0.2) is 0 Å². The van der Waals surface area contributed by atoms with Gasteiger partial charge in [0.25, 0.3) is 0 Å². The molecule has 0 atom stereocenters. The first-order valence-corrected chi connectivity index (χ1v) is 9.60. The van der Waals surface area contributed by atoms with E-state index in [1.165, 1.54) is 5.56 Å². The van der Waals surface area contributed by atoms with Crippen LogP contribution in [0, 0.1) is 0 Å². The van der Waals surface area contributed by atoms with Crippen LogP contribution in [0.1, 0.15) is 18.1 Å². The summed E-state index contributed by atoms with van der Waals surface area (Å²) in [5, 5.41) is 14.2. The molecule has 6 heteroatoms. The SMILES string of the molecule is CCN(CCO)Cc1cn(Cc2ccccc2)nc1-c1ccc2c(c1)OCO2. The van der Waals surface area contributed by atoms with Gasteiger partial charge in [0, 0.05) is 30.4 Å². The molecule has 0 radical (unpaired) electrons. The van der Waals surface area contributed by atoms with Crippen LogP contribution in [0.2, 0.25) is 0 Å². The summed E-state index contributed by atoms with van der Waals surface area (Å²) < 4.78 is 13.0. The van der Waals surface area contributed by atoms with Crippen LogP contribution in [0.25, 0.3) is 11.3 Å². The van der Waals surface area contributed by atoms with E-state index in [1.54, 1.807) is 0 Å². The average Bonchev–Trinajstić information content (AvgIpc) is 3.34. The van der Waals surface area contributed by atoms with Crippen molar-refractivity contribution in [1.29, 1.82) is 0 Å². The van der Waals surface area contributed by atoms with Crippen molar-refractivity contribution in [2.24, 2.45) is 0 Å². The molecule has 4 rings (SSSR count). The third kappa shape index (κ3) is 4.03. The maximum Gasteiger partial charge on any atom is 0.231 e. The van der Waals surface area contributed by atoms with Crippen LogP contribution in [0.3, 0.4) is 0 Å². The first-order chi connectivity index (χ1) is 13.8. The molecule has 0 spiro atoms. The minimum atomic E-state index is 0.144. The van der Waals surface area contributed by atoms with Crippen molar-refractivity contribution in [2.75, 3.05) is 26.5 Å². The molecule has 1 aliphatic heterocycles. The largest absolute Gasteiger partial charge is 0.454 e. The molecule has 0 bridgehead atoms. The van der Waals surface area contributed by atoms with Gasteiger partial charge in [-0.2, -0.15) is 5.10 Å². The second kappa shape index (κ2) is 8.46. The van der Waals surface area contributed by atoms with Crippen LogP contribution >= 0.6 is 0 Å². The lowest BCUT2D eigenvalue weighted by Gasteiger charge is -2.18. The van der Waals surface area contributed by atoms with Gasteiger partial charge in [-0.3, -0.25) is 9.58 Å². The van der Waals surface area contributed by atoms with E-state index in [9.17, 15) is 5.11 Å². The number of rotatable bonds is 8. The lowest BCUT2D eigenvalue weighted by atomic mass is 10.1. The molecule has 0 unspecified atom stereocenters. The number of aromatic nitrogens is 2. The molecular formula is C22H25N3O3. The van der Waals surface area contributed by atoms with E-state index in [0.717, 1.165) is 41.4 Å². The fourth-order valence-corrected chi connectivity index (χ4v) is 3.45. The Morgan fingerprint density at radius 2 is 1.93 bits per heavy atom. The second-order valence-corrected chi connectivity index (χ2v) is 6.85. The molecule has 0 aliphatic carbocycles. The van der Waals surface area contributed by atoms with Gasteiger partial charge in [0.15, 0.2) is 11.5 Å². The van der Waals surface area contributed by atoms with Crippen molar-refractivity contribution < 1.29 is 14.6 Å². The average molecular weight is 379 g/mol. The van der Waals surface area contributed by atoms with Crippen molar-refractivity contribution in [1.82, 2.24) is 14.7 Å². The standard InChI is InChI=1S/C22H25N3O3/c1-2-24(10-11-26)14-19-15-25(13-17-6-4-3-5-7-17)23-22(19)18-8-9-20-21(12-18)28-16-27-20/h3-9,12,15,26H,2,10-11,13-14,16H2,1H3. The zero-order chi connectivity index (χ0) is 19.3. The highest BCUT2D eigenvalue weighted by atomic mass is 16.7. The lowest BCUT2D eigenvalue weighted by Crippen LogP contribution is -2.26. The normalized spacial score (nSPS) is 12.7. The number of ether oxygens (including phenoxy) is 2. The predicted octanol–water partition coefficient (Wildman–Crippen LogP) is 3.14. The molecule has 0 saturated heterocycles. The van der Waals surface area contributed by atoms with E-state index in [-0.39, 0.29) is 13.4 Å². The number of hydrogen-bond acceptors (Lipinski definition) is 5. The minimum absolute atomic E-state index is 0.144. The van der Waals surface area contributed by atoms with E-state index in [0.29, 0.717) is 13.1 Å². The van der Waals surface area contributed by atoms with Gasteiger partial charge in [-0.1, -0.05) is 37.3 Å². The zero-order valence-corrected chi connectivity index (χ0v) is 16.0. The van der Waals surface area contributed by atoms with Crippen molar-refractivity contribution >= 4 is 0 Å². The van der Waals surface area contributed by atoms with Crippen molar-refractivity contribution in [3.63, 3.8) is 0 Å². The highest BCUT2D eigenvalue weighted by Gasteiger charge is 2.19. The number of nitrogens with zero attached hydrogens (tertiary/aromatic N) is 3. The number of aliphatic hydroxyl groups excluding tert-OH is 1. The summed E-state index contributed by atoms with van der Waals surface area (Å²) in [5.41, 5.74) is 4.28. The topological polar surface area (TPSA) is 59.8 Å². The fraction of sp³-hybridized carbons (Fsp3) is 0.318. The first kappa shape index (κ1) is 18.5. The monoisotopic (exact) mass is 379 g/mol. The Morgan fingerprint density at radius 3 is 2.71 bits per heavy atom. The number of likely N-dealkylation sites (N-methyl/N-ethyl adjacent to an activating group) is 1. The van der Waals surface area contributed by atoms with E-state index in [2.05, 4.69) is 30.2 Å². The molecule has 3 aromatic rings. The number of fused-ring (bicyclic) bond motifs is 1. The van der Waals surface area contributed by atoms with Crippen LogP contribution in [0.15, 0.2) is 54.7 Å². The van der Waals surface area contributed by atoms with E-state index in [4.69, 9.17) is 14.6 Å². The highest BCUT2D eigenvalue weighted by molar-refractivity contribution is 5.67. The zero-order valence-electron chi connectivity index (χ0n) is 16.0. The summed E-state index contributed by atoms with van der Waals surface area (Å²) in [7, 11) is 0. The molecular weight excluding hydrogens is 354 g/mol. The van der Waals surface area contributed by atoms with Gasteiger partial charge in [-0.05, 0) is 30.3 Å². The third-order valence-corrected chi connectivity index (χ3v) is 4.93. The van der Waals surface area contributed by atoms with Gasteiger partial charge in [-0.15, -0.1) is 0 Å². The van der Waals surface area contributed by atoms with Crippen LogP contribution in [0.5, 0.6) is 11.5 Å². The van der Waals surface area contributed by atoms with Crippen LogP contribution in [-0.2, 0) is 13.1 Å². The van der Waals surface area contributed by atoms with Crippen molar-refractivity contribution in [3.8, 4) is 22.8 Å². The number of aliphatic hydroxyl groups is 1. The Morgan fingerprint density at radius 1 is 1.11 bits per heavy atom. The second-order valence-electron chi connectivity index (χ2n) is 6.85. The molecule has 2 heterocycles. The van der Waals surface area contributed by atoms with Gasteiger partial charge >= 0.3 is 0 Å². The number of hydrogen-bond donors (Lipinski definition) is 1. The van der Waals surface area contributed by atoms with Gasteiger partial charge in [0.05, 0.1) is 18.8 Å². The quantitative estimate of drug-likeness (QED) is 0.652. The summed E-state index contributed by atoms with van der Waals surface area (Å²) in [6, 6.07) is 16.2. The van der Waals surface area contributed by atoms with Crippen molar-refractivity contribution in [3.05, 3.63) is 65.9 Å². The Kier molecular flexibility index (Phi) is 5.60. The van der Waals surface area contributed by atoms with Gasteiger partial charge < -0.3 is 14.6 Å².